The normalized spacial score (nSPS) is 2.10. The Kier molecular flexibility index (Phi) is 121. The number of nitriles is 3. The molecule has 7 heteroatoms. The molecule has 0 aliphatic rings. The van der Waals surface area contributed by atoms with E-state index in [4.69, 9.17) is 15.8 Å². The van der Waals surface area contributed by atoms with E-state index in [9.17, 15) is 0 Å². The molecule has 0 bridgehead atoms. The molecule has 0 saturated carbocycles. The summed E-state index contributed by atoms with van der Waals surface area (Å²) >= 11 is 6.33. The minimum absolute atomic E-state index is 0. The molecule has 10 heavy (non-hydrogen) atoms. The van der Waals surface area contributed by atoms with Crippen LogP contribution in [0.5, 0.6) is 0 Å². The van der Waals surface area contributed by atoms with Gasteiger partial charge in [0.2, 0.25) is 0 Å². The van der Waals surface area contributed by atoms with Crippen LogP contribution in [0, 0.1) is 30.7 Å². The van der Waals surface area contributed by atoms with Crippen LogP contribution in [0.25, 0.3) is 0 Å². The number of hydrogen-bond acceptors (Lipinski definition) is 3. The predicted molar refractivity (Wildman–Crippen MR) is 34.1 cm³/mol. The molecule has 0 heterocycles. The maximum absolute atomic E-state index is 7.26. The molecule has 0 fully saturated rings. The van der Waals surface area contributed by atoms with Gasteiger partial charge in [-0.1, -0.05) is 0 Å². The van der Waals surface area contributed by atoms with Crippen LogP contribution in [0.1, 0.15) is 0 Å². The van der Waals surface area contributed by atoms with E-state index in [-0.39, 0.29) is 19.5 Å². The standard InChI is InChI=1S/3CHNSe.Rh/c3*2-1-3;/h3*3H;/q;;;+3/p-3. The zero-order valence-corrected chi connectivity index (χ0v) is 11.2. The second kappa shape index (κ2) is 54.2. The molecule has 54 valence electrons. The van der Waals surface area contributed by atoms with Gasteiger partial charge in [-0.25, -0.2) is 0 Å². The summed E-state index contributed by atoms with van der Waals surface area (Å²) in [5, 5.41) is 21.8. The Hall–Kier alpha value is 0.652. The first-order chi connectivity index (χ1) is 4.24. The van der Waals surface area contributed by atoms with Crippen LogP contribution in [0.15, 0.2) is 0 Å². The summed E-state index contributed by atoms with van der Waals surface area (Å²) in [6, 6.07) is 0. The minimum atomic E-state index is 0. The molecule has 0 amide bonds. The first-order valence-corrected chi connectivity index (χ1v) is 3.85. The van der Waals surface area contributed by atoms with E-state index in [1.54, 1.807) is 14.9 Å². The summed E-state index contributed by atoms with van der Waals surface area (Å²) in [6.07, 6.45) is 0. The van der Waals surface area contributed by atoms with E-state index in [1.807, 2.05) is 0 Å². The summed E-state index contributed by atoms with van der Waals surface area (Å²) in [7, 11) is 0. The van der Waals surface area contributed by atoms with Gasteiger partial charge in [-0.05, 0) is 0 Å². The van der Waals surface area contributed by atoms with Crippen molar-refractivity contribution in [3.63, 3.8) is 0 Å². The predicted octanol–water partition coefficient (Wildman–Crippen LogP) is -1.09. The topological polar surface area (TPSA) is 71.4 Å². The van der Waals surface area contributed by atoms with E-state index in [2.05, 4.69) is 48.0 Å². The zero-order valence-electron chi connectivity index (χ0n) is 4.40. The molecule has 0 spiro atoms. The first kappa shape index (κ1) is 22.4. The largest absolute Gasteiger partial charge is 3.00 e. The van der Waals surface area contributed by atoms with Gasteiger partial charge >= 0.3 is 98.2 Å². The summed E-state index contributed by atoms with van der Waals surface area (Å²) in [6.45, 7) is 0. The Bertz CT molecular complexity index is 112. The van der Waals surface area contributed by atoms with Gasteiger partial charge in [-0.15, -0.1) is 0 Å². The average Bonchev–Trinajstić information content (AvgIpc) is 1.70. The van der Waals surface area contributed by atoms with E-state index in [0.29, 0.717) is 0 Å². The van der Waals surface area contributed by atoms with Crippen molar-refractivity contribution in [2.24, 2.45) is 0 Å². The molecule has 0 aliphatic heterocycles. The first-order valence-electron chi connectivity index (χ1n) is 1.28. The van der Waals surface area contributed by atoms with Crippen LogP contribution in [-0.4, -0.2) is 48.0 Å². The van der Waals surface area contributed by atoms with Gasteiger partial charge in [0.25, 0.3) is 0 Å². The van der Waals surface area contributed by atoms with Crippen LogP contribution in [0.3, 0.4) is 0 Å². The van der Waals surface area contributed by atoms with Gasteiger partial charge in [-0.3, -0.25) is 0 Å². The maximum Gasteiger partial charge on any atom is 3.00 e. The monoisotopic (exact) mass is 421 g/mol. The van der Waals surface area contributed by atoms with Crippen LogP contribution in [0.4, 0.5) is 0 Å². The fourth-order valence-electron chi connectivity index (χ4n) is 0. The Balaban J connectivity index is -0.0000000257. The molecule has 0 unspecified atom stereocenters. The third kappa shape index (κ3) is 1190. The quantitative estimate of drug-likeness (QED) is 0.470. The molecule has 0 N–H and O–H groups in total. The summed E-state index contributed by atoms with van der Waals surface area (Å²) in [4.78, 5) is 4.88. The van der Waals surface area contributed by atoms with Crippen molar-refractivity contribution >= 4 is 48.0 Å². The van der Waals surface area contributed by atoms with Gasteiger partial charge in [-0.2, -0.15) is 0 Å². The third-order valence-corrected chi connectivity index (χ3v) is 0. The fourth-order valence-corrected chi connectivity index (χ4v) is 0. The molecule has 0 aromatic heterocycles. The number of rotatable bonds is 0. The van der Waals surface area contributed by atoms with Crippen molar-refractivity contribution < 1.29 is 19.5 Å². The molecule has 0 aliphatic carbocycles. The van der Waals surface area contributed by atoms with Crippen molar-refractivity contribution in [2.45, 2.75) is 0 Å². The molecule has 0 aromatic rings. The van der Waals surface area contributed by atoms with Gasteiger partial charge in [0.05, 0.1) is 0 Å². The van der Waals surface area contributed by atoms with E-state index in [0.717, 1.165) is 0 Å². The van der Waals surface area contributed by atoms with Gasteiger partial charge in [0.15, 0.2) is 0 Å². The zero-order chi connectivity index (χ0) is 8.12. The Morgan fingerprint density at radius 3 is 0.700 bits per heavy atom. The van der Waals surface area contributed by atoms with Crippen molar-refractivity contribution in [1.29, 1.82) is 15.8 Å². The van der Waals surface area contributed by atoms with Crippen LogP contribution in [0.2, 0.25) is 0 Å². The molecular weight excluding hydrogens is 418 g/mol. The summed E-state index contributed by atoms with van der Waals surface area (Å²) < 4.78 is 0. The number of nitrogens with zero attached hydrogens (tertiary/aromatic N) is 3. The van der Waals surface area contributed by atoms with Gasteiger partial charge < -0.3 is 0 Å². The van der Waals surface area contributed by atoms with Gasteiger partial charge in [0, 0.05) is 0 Å². The molecule has 3 nitrogen and oxygen atoms in total. The maximum atomic E-state index is 7.26. The Morgan fingerprint density at radius 1 is 0.700 bits per heavy atom. The minimum Gasteiger partial charge on any atom is 3.00 e. The van der Waals surface area contributed by atoms with E-state index < -0.39 is 0 Å². The average molecular weight is 418 g/mol. The smallest absolute Gasteiger partial charge is 3.00 e. The molecular formula is C3N3RhSe3. The summed E-state index contributed by atoms with van der Waals surface area (Å²) in [5.41, 5.74) is 0. The van der Waals surface area contributed by atoms with Crippen molar-refractivity contribution in [3.8, 4) is 14.9 Å². The Labute approximate surface area is 97.3 Å². The van der Waals surface area contributed by atoms with Crippen LogP contribution in [-0.2, 0) is 19.5 Å². The molecule has 0 radical (unpaired) electrons. The summed E-state index contributed by atoms with van der Waals surface area (Å²) in [5.74, 6) is 0. The third-order valence-electron chi connectivity index (χ3n) is 0. The molecule has 0 aromatic carbocycles. The SMILES string of the molecule is N#C[Se-].N#C[Se-].N#C[Se-].[Rh+3]. The van der Waals surface area contributed by atoms with E-state index >= 15 is 0 Å². The fraction of sp³-hybridized carbons (Fsp3) is 0. The van der Waals surface area contributed by atoms with Crippen LogP contribution >= 0.6 is 0 Å². The van der Waals surface area contributed by atoms with Crippen LogP contribution < -0.4 is 0 Å². The molecule has 0 saturated heterocycles. The van der Waals surface area contributed by atoms with E-state index in [1.165, 1.54) is 0 Å². The van der Waals surface area contributed by atoms with Crippen molar-refractivity contribution in [3.05, 3.63) is 0 Å². The molecule has 0 atom stereocenters. The van der Waals surface area contributed by atoms with Crippen molar-refractivity contribution in [1.82, 2.24) is 0 Å². The Morgan fingerprint density at radius 2 is 0.700 bits per heavy atom. The number of hydrogen-bond donors (Lipinski definition) is 0. The second-order valence-electron chi connectivity index (χ2n) is 0.274. The molecule has 0 rings (SSSR count). The van der Waals surface area contributed by atoms with Crippen molar-refractivity contribution in [2.75, 3.05) is 0 Å². The van der Waals surface area contributed by atoms with Gasteiger partial charge in [0.1, 0.15) is 0 Å². The second-order valence-corrected chi connectivity index (χ2v) is 1.42.